The third-order valence-electron chi connectivity index (χ3n) is 1.59. The number of aromatic nitrogens is 4. The van der Waals surface area contributed by atoms with E-state index in [1.165, 1.54) is 0 Å². The Labute approximate surface area is 67.9 Å². The van der Waals surface area contributed by atoms with Crippen molar-refractivity contribution in [2.24, 2.45) is 7.05 Å². The summed E-state index contributed by atoms with van der Waals surface area (Å²) >= 11 is 4.99. The van der Waals surface area contributed by atoms with Gasteiger partial charge in [-0.05, 0) is 18.3 Å². The normalized spacial score (nSPS) is 10.6. The van der Waals surface area contributed by atoms with Crippen LogP contribution in [0.1, 0.15) is 0 Å². The van der Waals surface area contributed by atoms with E-state index < -0.39 is 0 Å². The smallest absolute Gasteiger partial charge is 0.179 e. The van der Waals surface area contributed by atoms with E-state index in [1.807, 2.05) is 17.7 Å². The van der Waals surface area contributed by atoms with Crippen LogP contribution in [0.5, 0.6) is 0 Å². The van der Waals surface area contributed by atoms with E-state index in [4.69, 9.17) is 12.2 Å². The summed E-state index contributed by atoms with van der Waals surface area (Å²) in [6, 6.07) is 1.87. The van der Waals surface area contributed by atoms with Gasteiger partial charge in [0.1, 0.15) is 0 Å². The predicted molar refractivity (Wildman–Crippen MR) is 43.7 cm³/mol. The van der Waals surface area contributed by atoms with Crippen LogP contribution in [0.3, 0.4) is 0 Å². The van der Waals surface area contributed by atoms with Gasteiger partial charge in [-0.15, -0.1) is 5.10 Å². The third kappa shape index (κ3) is 0.848. The van der Waals surface area contributed by atoms with Crippen LogP contribution >= 0.6 is 12.2 Å². The zero-order valence-corrected chi connectivity index (χ0v) is 6.72. The molecule has 0 aliphatic carbocycles. The Kier molecular flexibility index (Phi) is 1.25. The second-order valence-electron chi connectivity index (χ2n) is 2.25. The van der Waals surface area contributed by atoms with Gasteiger partial charge in [0.15, 0.2) is 10.4 Å². The average molecular weight is 166 g/mol. The topological polar surface area (TPSA) is 46.5 Å². The fraction of sp³-hybridized carbons (Fsp3) is 0.167. The zero-order chi connectivity index (χ0) is 7.84. The maximum Gasteiger partial charge on any atom is 0.179 e. The van der Waals surface area contributed by atoms with Crippen molar-refractivity contribution in [3.05, 3.63) is 17.0 Å². The molecule has 0 saturated heterocycles. The van der Waals surface area contributed by atoms with Crippen molar-refractivity contribution in [1.82, 2.24) is 19.7 Å². The maximum absolute atomic E-state index is 4.99. The summed E-state index contributed by atoms with van der Waals surface area (Å²) < 4.78 is 2.53. The van der Waals surface area contributed by atoms with Gasteiger partial charge in [-0.3, -0.25) is 0 Å². The lowest BCUT2D eigenvalue weighted by molar-refractivity contribution is 0.926. The van der Waals surface area contributed by atoms with Crippen LogP contribution < -0.4 is 0 Å². The summed E-state index contributed by atoms with van der Waals surface area (Å²) in [5.41, 5.74) is 1.71. The van der Waals surface area contributed by atoms with Crippen molar-refractivity contribution in [2.45, 2.75) is 0 Å². The summed E-state index contributed by atoms with van der Waals surface area (Å²) in [7, 11) is 1.89. The van der Waals surface area contributed by atoms with E-state index >= 15 is 0 Å². The average Bonchev–Trinajstić information content (AvgIpc) is 2.30. The van der Waals surface area contributed by atoms with Gasteiger partial charge >= 0.3 is 0 Å². The number of nitrogens with one attached hydrogen (secondary N) is 1. The molecule has 2 rings (SSSR count). The van der Waals surface area contributed by atoms with E-state index in [9.17, 15) is 0 Å². The molecule has 2 aromatic heterocycles. The van der Waals surface area contributed by atoms with Gasteiger partial charge in [-0.1, -0.05) is 0 Å². The molecule has 11 heavy (non-hydrogen) atoms. The van der Waals surface area contributed by atoms with Crippen LogP contribution in [0, 0.1) is 4.77 Å². The van der Waals surface area contributed by atoms with Gasteiger partial charge in [0.2, 0.25) is 0 Å². The lowest BCUT2D eigenvalue weighted by Gasteiger charge is -1.89. The molecule has 0 fully saturated rings. The van der Waals surface area contributed by atoms with Gasteiger partial charge < -0.3 is 9.55 Å². The number of aromatic amines is 1. The van der Waals surface area contributed by atoms with Crippen molar-refractivity contribution < 1.29 is 0 Å². The van der Waals surface area contributed by atoms with Gasteiger partial charge in [-0.2, -0.15) is 5.10 Å². The van der Waals surface area contributed by atoms with Crippen molar-refractivity contribution in [3.63, 3.8) is 0 Å². The molecule has 0 aliphatic heterocycles. The summed E-state index contributed by atoms with van der Waals surface area (Å²) in [5, 5.41) is 7.60. The monoisotopic (exact) mass is 166 g/mol. The van der Waals surface area contributed by atoms with Crippen molar-refractivity contribution in [2.75, 3.05) is 0 Å². The standard InChI is InChI=1S/C6H6N4S/c1-10-4-2-3-7-9-5(4)8-6(10)11/h2-3H,1H3,(H,8,9,11). The largest absolute Gasteiger partial charge is 0.318 e. The van der Waals surface area contributed by atoms with Gasteiger partial charge in [0.05, 0.1) is 11.7 Å². The summed E-state index contributed by atoms with van der Waals surface area (Å²) in [6.45, 7) is 0. The summed E-state index contributed by atoms with van der Waals surface area (Å²) in [6.07, 6.45) is 1.64. The second-order valence-corrected chi connectivity index (χ2v) is 2.64. The highest BCUT2D eigenvalue weighted by atomic mass is 32.1. The number of aryl methyl sites for hydroxylation is 1. The number of hydrogen-bond acceptors (Lipinski definition) is 3. The van der Waals surface area contributed by atoms with Crippen LogP contribution in [0.4, 0.5) is 0 Å². The van der Waals surface area contributed by atoms with Crippen LogP contribution in [0.25, 0.3) is 11.2 Å². The minimum Gasteiger partial charge on any atom is -0.318 e. The lowest BCUT2D eigenvalue weighted by atomic mass is 10.5. The number of rotatable bonds is 0. The fourth-order valence-electron chi connectivity index (χ4n) is 0.979. The summed E-state index contributed by atoms with van der Waals surface area (Å²) in [5.74, 6) is 0. The molecule has 0 amide bonds. The minimum atomic E-state index is 0.667. The Balaban J connectivity index is 3.04. The highest BCUT2D eigenvalue weighted by Gasteiger charge is 1.98. The predicted octanol–water partition coefficient (Wildman–Crippen LogP) is 1.03. The number of imidazole rings is 1. The molecule has 0 atom stereocenters. The fourth-order valence-corrected chi connectivity index (χ4v) is 1.17. The van der Waals surface area contributed by atoms with Crippen molar-refractivity contribution in [3.8, 4) is 0 Å². The lowest BCUT2D eigenvalue weighted by Crippen LogP contribution is -1.86. The Bertz CT molecular complexity index is 441. The quantitative estimate of drug-likeness (QED) is 0.594. The first-order valence-corrected chi connectivity index (χ1v) is 3.56. The zero-order valence-electron chi connectivity index (χ0n) is 5.90. The van der Waals surface area contributed by atoms with Gasteiger partial charge in [0, 0.05) is 7.05 Å². The third-order valence-corrected chi connectivity index (χ3v) is 1.97. The van der Waals surface area contributed by atoms with Crippen molar-refractivity contribution >= 4 is 23.4 Å². The van der Waals surface area contributed by atoms with Gasteiger partial charge in [-0.25, -0.2) is 0 Å². The molecule has 0 aliphatic rings. The molecule has 2 aromatic rings. The van der Waals surface area contributed by atoms with E-state index in [0.29, 0.717) is 4.77 Å². The van der Waals surface area contributed by atoms with Crippen LogP contribution in [0.2, 0.25) is 0 Å². The highest BCUT2D eigenvalue weighted by Crippen LogP contribution is 2.06. The molecule has 2 heterocycles. The van der Waals surface area contributed by atoms with E-state index in [0.717, 1.165) is 11.2 Å². The Morgan fingerprint density at radius 3 is 3.18 bits per heavy atom. The second kappa shape index (κ2) is 2.13. The van der Waals surface area contributed by atoms with Gasteiger partial charge in [0.25, 0.3) is 0 Å². The molecule has 5 heteroatoms. The molecule has 0 aromatic carbocycles. The highest BCUT2D eigenvalue weighted by molar-refractivity contribution is 7.71. The molecule has 4 nitrogen and oxygen atoms in total. The molecule has 0 radical (unpaired) electrons. The number of nitrogens with zero attached hydrogens (tertiary/aromatic N) is 3. The molecule has 56 valence electrons. The molecular formula is C6H6N4S. The number of fused-ring (bicyclic) bond motifs is 1. The first-order chi connectivity index (χ1) is 5.29. The summed E-state index contributed by atoms with van der Waals surface area (Å²) in [4.78, 5) is 2.93. The first-order valence-electron chi connectivity index (χ1n) is 3.15. The molecule has 0 spiro atoms. The maximum atomic E-state index is 4.99. The van der Waals surface area contributed by atoms with Crippen LogP contribution in [0.15, 0.2) is 12.3 Å². The Hall–Kier alpha value is -1.23. The molecule has 1 N–H and O–H groups in total. The molecular weight excluding hydrogens is 160 g/mol. The number of hydrogen-bond donors (Lipinski definition) is 1. The Morgan fingerprint density at radius 2 is 2.45 bits per heavy atom. The van der Waals surface area contributed by atoms with E-state index in [2.05, 4.69) is 15.2 Å². The van der Waals surface area contributed by atoms with E-state index in [1.54, 1.807) is 6.20 Å². The first kappa shape index (κ1) is 6.48. The van der Waals surface area contributed by atoms with E-state index in [-0.39, 0.29) is 0 Å². The Morgan fingerprint density at radius 1 is 1.64 bits per heavy atom. The minimum absolute atomic E-state index is 0.667. The van der Waals surface area contributed by atoms with Crippen molar-refractivity contribution in [1.29, 1.82) is 0 Å². The van der Waals surface area contributed by atoms with Crippen LogP contribution in [-0.2, 0) is 7.05 Å². The SMILES string of the molecule is Cn1c(=S)[nH]c2nnccc21. The van der Waals surface area contributed by atoms with Crippen LogP contribution in [-0.4, -0.2) is 19.7 Å². The molecule has 0 saturated carbocycles. The molecule has 0 unspecified atom stereocenters. The molecule has 0 bridgehead atoms. The number of H-pyrrole nitrogens is 1.